The Kier molecular flexibility index (Phi) is 3.57. The number of fused-ring (bicyclic) bond motifs is 2. The van der Waals surface area contributed by atoms with Gasteiger partial charge >= 0.3 is 5.97 Å². The zero-order valence-corrected chi connectivity index (χ0v) is 13.6. The fourth-order valence-electron chi connectivity index (χ4n) is 3.67. The van der Waals surface area contributed by atoms with Gasteiger partial charge in [0.05, 0.1) is 6.42 Å². The van der Waals surface area contributed by atoms with Crippen LogP contribution in [0.1, 0.15) is 16.7 Å². The van der Waals surface area contributed by atoms with Crippen molar-refractivity contribution in [1.29, 1.82) is 0 Å². The Hall–Kier alpha value is -3.08. The molecule has 25 heavy (non-hydrogen) atoms. The van der Waals surface area contributed by atoms with Gasteiger partial charge in [0.2, 0.25) is 5.91 Å². The average Bonchev–Trinajstić information content (AvgIpc) is 3.17. The molecule has 1 aliphatic rings. The highest BCUT2D eigenvalue weighted by molar-refractivity contribution is 5.92. The van der Waals surface area contributed by atoms with Gasteiger partial charge in [-0.15, -0.1) is 0 Å². The van der Waals surface area contributed by atoms with Crippen LogP contribution in [0.5, 0.6) is 0 Å². The molecule has 0 atom stereocenters. The van der Waals surface area contributed by atoms with E-state index in [1.54, 1.807) is 6.20 Å². The van der Waals surface area contributed by atoms with Crippen molar-refractivity contribution in [3.63, 3.8) is 0 Å². The van der Waals surface area contributed by atoms with Gasteiger partial charge in [0, 0.05) is 29.9 Å². The number of benzene rings is 2. The minimum atomic E-state index is -1.26. The first-order chi connectivity index (χ1) is 12.1. The number of aromatic nitrogens is 1. The summed E-state index contributed by atoms with van der Waals surface area (Å²) < 4.78 is 0. The number of aromatic amines is 1. The second kappa shape index (κ2) is 5.77. The Morgan fingerprint density at radius 2 is 1.68 bits per heavy atom. The molecule has 0 saturated heterocycles. The second-order valence-electron chi connectivity index (χ2n) is 6.59. The molecule has 0 aliphatic heterocycles. The van der Waals surface area contributed by atoms with E-state index >= 15 is 0 Å². The standard InChI is InChI=1S/C20H18N2O3/c23-18(9-15-12-21-17-8-4-3-7-16(15)17)22-20(19(24)25)10-13-5-1-2-6-14(13)11-20/h1-8,12,21H,9-11H2,(H,22,23)(H,24,25). The van der Waals surface area contributed by atoms with Gasteiger partial charge in [-0.2, -0.15) is 0 Å². The Labute approximate surface area is 144 Å². The van der Waals surface area contributed by atoms with Gasteiger partial charge in [0.1, 0.15) is 5.54 Å². The average molecular weight is 334 g/mol. The molecular weight excluding hydrogens is 316 g/mol. The summed E-state index contributed by atoms with van der Waals surface area (Å²) in [6, 6.07) is 15.4. The number of carbonyl (C=O) groups is 2. The first kappa shape index (κ1) is 15.4. The lowest BCUT2D eigenvalue weighted by Crippen LogP contribution is -2.55. The van der Waals surface area contributed by atoms with E-state index in [0.717, 1.165) is 27.6 Å². The van der Waals surface area contributed by atoms with Crippen molar-refractivity contribution in [2.75, 3.05) is 0 Å². The molecule has 4 rings (SSSR count). The Balaban J connectivity index is 1.56. The fraction of sp³-hybridized carbons (Fsp3) is 0.200. The van der Waals surface area contributed by atoms with Crippen LogP contribution >= 0.6 is 0 Å². The lowest BCUT2D eigenvalue weighted by Gasteiger charge is -2.25. The van der Waals surface area contributed by atoms with E-state index in [9.17, 15) is 14.7 Å². The topological polar surface area (TPSA) is 82.2 Å². The third-order valence-corrected chi connectivity index (χ3v) is 4.92. The molecule has 5 heteroatoms. The van der Waals surface area contributed by atoms with Crippen molar-refractivity contribution in [1.82, 2.24) is 10.3 Å². The summed E-state index contributed by atoms with van der Waals surface area (Å²) in [5.41, 5.74) is 2.54. The maximum Gasteiger partial charge on any atom is 0.330 e. The lowest BCUT2D eigenvalue weighted by molar-refractivity contribution is -0.147. The van der Waals surface area contributed by atoms with Gasteiger partial charge in [-0.3, -0.25) is 4.79 Å². The molecule has 1 aliphatic carbocycles. The number of H-pyrrole nitrogens is 1. The zero-order chi connectivity index (χ0) is 17.4. The summed E-state index contributed by atoms with van der Waals surface area (Å²) in [5, 5.41) is 13.5. The number of para-hydroxylation sites is 1. The summed E-state index contributed by atoms with van der Waals surface area (Å²) in [7, 11) is 0. The van der Waals surface area contributed by atoms with E-state index in [1.165, 1.54) is 0 Å². The highest BCUT2D eigenvalue weighted by Crippen LogP contribution is 2.30. The molecule has 0 spiro atoms. The number of carboxylic acids is 1. The number of carbonyl (C=O) groups excluding carboxylic acids is 1. The van der Waals surface area contributed by atoms with Crippen LogP contribution < -0.4 is 5.32 Å². The first-order valence-corrected chi connectivity index (χ1v) is 8.24. The zero-order valence-electron chi connectivity index (χ0n) is 13.6. The molecule has 126 valence electrons. The highest BCUT2D eigenvalue weighted by atomic mass is 16.4. The van der Waals surface area contributed by atoms with Gasteiger partial charge in [0.15, 0.2) is 0 Å². The molecule has 1 amide bonds. The van der Waals surface area contributed by atoms with Gasteiger partial charge < -0.3 is 15.4 Å². The van der Waals surface area contributed by atoms with Gasteiger partial charge in [-0.1, -0.05) is 42.5 Å². The molecule has 3 N–H and O–H groups in total. The minimum absolute atomic E-state index is 0.148. The normalized spacial score (nSPS) is 15.0. The summed E-state index contributed by atoms with van der Waals surface area (Å²) in [6.45, 7) is 0. The molecule has 2 aromatic carbocycles. The number of amides is 1. The number of nitrogens with one attached hydrogen (secondary N) is 2. The van der Waals surface area contributed by atoms with Crippen molar-refractivity contribution < 1.29 is 14.7 Å². The smallest absolute Gasteiger partial charge is 0.330 e. The van der Waals surface area contributed by atoms with E-state index in [0.29, 0.717) is 12.8 Å². The predicted molar refractivity (Wildman–Crippen MR) is 94.4 cm³/mol. The molecular formula is C20H18N2O3. The maximum absolute atomic E-state index is 12.6. The van der Waals surface area contributed by atoms with E-state index < -0.39 is 11.5 Å². The third-order valence-electron chi connectivity index (χ3n) is 4.92. The third kappa shape index (κ3) is 2.67. The van der Waals surface area contributed by atoms with Crippen LogP contribution in [0.2, 0.25) is 0 Å². The Morgan fingerprint density at radius 3 is 2.36 bits per heavy atom. The minimum Gasteiger partial charge on any atom is -0.479 e. The van der Waals surface area contributed by atoms with Crippen molar-refractivity contribution in [3.8, 4) is 0 Å². The van der Waals surface area contributed by atoms with Crippen molar-refractivity contribution in [2.45, 2.75) is 24.8 Å². The lowest BCUT2D eigenvalue weighted by atomic mass is 9.95. The first-order valence-electron chi connectivity index (χ1n) is 8.24. The molecule has 0 bridgehead atoms. The maximum atomic E-state index is 12.6. The van der Waals surface area contributed by atoms with E-state index in [4.69, 9.17) is 0 Å². The monoisotopic (exact) mass is 334 g/mol. The largest absolute Gasteiger partial charge is 0.479 e. The molecule has 3 aromatic rings. The van der Waals surface area contributed by atoms with Crippen LogP contribution in [0.25, 0.3) is 10.9 Å². The Bertz CT molecular complexity index is 949. The second-order valence-corrected chi connectivity index (χ2v) is 6.59. The molecule has 0 radical (unpaired) electrons. The molecule has 0 unspecified atom stereocenters. The van der Waals surface area contributed by atoms with E-state index in [1.807, 2.05) is 48.5 Å². The summed E-state index contributed by atoms with van der Waals surface area (Å²) >= 11 is 0. The van der Waals surface area contributed by atoms with Crippen molar-refractivity contribution in [3.05, 3.63) is 71.4 Å². The molecule has 0 fully saturated rings. The Morgan fingerprint density at radius 1 is 1.04 bits per heavy atom. The summed E-state index contributed by atoms with van der Waals surface area (Å²) in [5.74, 6) is -1.27. The van der Waals surface area contributed by atoms with Crippen LogP contribution in [0.4, 0.5) is 0 Å². The highest BCUT2D eigenvalue weighted by Gasteiger charge is 2.45. The van der Waals surface area contributed by atoms with E-state index in [-0.39, 0.29) is 12.3 Å². The number of hydrogen-bond acceptors (Lipinski definition) is 2. The van der Waals surface area contributed by atoms with Gasteiger partial charge in [-0.05, 0) is 22.8 Å². The number of carboxylic acid groups (broad SMARTS) is 1. The molecule has 1 aromatic heterocycles. The van der Waals surface area contributed by atoms with E-state index in [2.05, 4.69) is 10.3 Å². The van der Waals surface area contributed by atoms with Crippen LogP contribution in [0.15, 0.2) is 54.7 Å². The van der Waals surface area contributed by atoms with Gasteiger partial charge in [0.25, 0.3) is 0 Å². The fourth-order valence-corrected chi connectivity index (χ4v) is 3.67. The van der Waals surface area contributed by atoms with Gasteiger partial charge in [-0.25, -0.2) is 4.79 Å². The number of aliphatic carboxylic acids is 1. The molecule has 5 nitrogen and oxygen atoms in total. The molecule has 1 heterocycles. The van der Waals surface area contributed by atoms with Crippen LogP contribution in [-0.4, -0.2) is 27.5 Å². The number of hydrogen-bond donors (Lipinski definition) is 3. The summed E-state index contributed by atoms with van der Waals surface area (Å²) in [6.07, 6.45) is 2.59. The summed E-state index contributed by atoms with van der Waals surface area (Å²) in [4.78, 5) is 27.6. The van der Waals surface area contributed by atoms with Crippen LogP contribution in [0.3, 0.4) is 0 Å². The molecule has 0 saturated carbocycles. The SMILES string of the molecule is O=C(Cc1c[nH]c2ccccc12)NC1(C(=O)O)Cc2ccccc2C1. The van der Waals surface area contributed by atoms with Crippen molar-refractivity contribution >= 4 is 22.8 Å². The van der Waals surface area contributed by atoms with Crippen molar-refractivity contribution in [2.24, 2.45) is 0 Å². The van der Waals surface area contributed by atoms with Crippen LogP contribution in [0, 0.1) is 0 Å². The quantitative estimate of drug-likeness (QED) is 0.685. The predicted octanol–water partition coefficient (Wildman–Crippen LogP) is 2.45. The number of rotatable bonds is 4. The van der Waals surface area contributed by atoms with Crippen LogP contribution in [-0.2, 0) is 28.9 Å².